The lowest BCUT2D eigenvalue weighted by Gasteiger charge is -2.12. The van der Waals surface area contributed by atoms with Gasteiger partial charge in [-0.3, -0.25) is 23.8 Å². The van der Waals surface area contributed by atoms with E-state index in [-0.39, 0.29) is 21.6 Å². The van der Waals surface area contributed by atoms with Gasteiger partial charge in [0.2, 0.25) is 5.88 Å². The van der Waals surface area contributed by atoms with Gasteiger partial charge < -0.3 is 9.84 Å². The van der Waals surface area contributed by atoms with Crippen LogP contribution in [0.25, 0.3) is 11.4 Å². The third kappa shape index (κ3) is 4.11. The molecule has 0 atom stereocenters. The molecule has 0 amide bonds. The molecule has 0 fully saturated rings. The smallest absolute Gasteiger partial charge is 0.297 e. The molecule has 0 unspecified atom stereocenters. The van der Waals surface area contributed by atoms with E-state index in [2.05, 4.69) is 9.98 Å². The molecule has 10 heteroatoms. The minimum absolute atomic E-state index is 0.0196. The monoisotopic (exact) mass is 477 g/mol. The number of nitrogens with one attached hydrogen (secondary N) is 1. The summed E-state index contributed by atoms with van der Waals surface area (Å²) in [5.74, 6) is 0.274. The molecule has 2 aromatic heterocycles. The number of H-pyrrole nitrogens is 1. The van der Waals surface area contributed by atoms with Gasteiger partial charge in [-0.05, 0) is 62.5 Å². The predicted molar refractivity (Wildman–Crippen MR) is 133 cm³/mol. The predicted octanol–water partition coefficient (Wildman–Crippen LogP) is 3.55. The van der Waals surface area contributed by atoms with Crippen LogP contribution in [0.1, 0.15) is 18.2 Å². The summed E-state index contributed by atoms with van der Waals surface area (Å²) in [6, 6.07) is 16.0. The van der Waals surface area contributed by atoms with Crippen molar-refractivity contribution in [1.82, 2.24) is 18.9 Å². The number of aliphatic imine (C=N–C) groups is 1. The maximum Gasteiger partial charge on any atom is 0.297 e. The maximum atomic E-state index is 13.1. The Balaban J connectivity index is 1.80. The van der Waals surface area contributed by atoms with E-state index in [1.165, 1.54) is 15.5 Å². The van der Waals surface area contributed by atoms with E-state index < -0.39 is 11.4 Å². The van der Waals surface area contributed by atoms with Crippen molar-refractivity contribution < 1.29 is 9.84 Å². The normalized spacial score (nSPS) is 11.3. The van der Waals surface area contributed by atoms with E-state index in [1.807, 2.05) is 37.3 Å². The summed E-state index contributed by atoms with van der Waals surface area (Å²) >= 11 is 5.26. The van der Waals surface area contributed by atoms with Crippen molar-refractivity contribution in [2.75, 3.05) is 6.61 Å². The van der Waals surface area contributed by atoms with Gasteiger partial charge >= 0.3 is 0 Å². The van der Waals surface area contributed by atoms with Gasteiger partial charge in [-0.15, -0.1) is 0 Å². The molecule has 2 aromatic carbocycles. The molecule has 34 heavy (non-hydrogen) atoms. The molecule has 4 aromatic rings. The zero-order chi connectivity index (χ0) is 24.4. The average molecular weight is 478 g/mol. The Bertz CT molecular complexity index is 1540. The van der Waals surface area contributed by atoms with E-state index in [0.717, 1.165) is 0 Å². The van der Waals surface area contributed by atoms with Gasteiger partial charge in [0.15, 0.2) is 10.5 Å². The first-order chi connectivity index (χ1) is 16.3. The Kier molecular flexibility index (Phi) is 6.33. The zero-order valence-corrected chi connectivity index (χ0v) is 19.7. The average Bonchev–Trinajstić information content (AvgIpc) is 3.03. The molecule has 2 N–H and O–H groups in total. The van der Waals surface area contributed by atoms with E-state index in [0.29, 0.717) is 29.4 Å². The van der Waals surface area contributed by atoms with Crippen LogP contribution in [0.4, 0.5) is 5.69 Å². The largest absolute Gasteiger partial charge is 0.494 e. The summed E-state index contributed by atoms with van der Waals surface area (Å²) in [6.45, 7) is 4.16. The summed E-state index contributed by atoms with van der Waals surface area (Å²) in [6.07, 6.45) is 1.17. The molecule has 0 saturated heterocycles. The SMILES string of the molecule is CCOc1ccc(-n2c(O)c(C=Nc3c(C)n(C)n(-c4ccccc4)c3=O)c(=O)[nH]c2=S)cc1. The van der Waals surface area contributed by atoms with Gasteiger partial charge in [0.1, 0.15) is 11.3 Å². The lowest BCUT2D eigenvalue weighted by molar-refractivity contribution is 0.340. The van der Waals surface area contributed by atoms with Crippen molar-refractivity contribution in [3.8, 4) is 23.0 Å². The molecule has 4 rings (SSSR count). The molecule has 9 nitrogen and oxygen atoms in total. The highest BCUT2D eigenvalue weighted by Gasteiger charge is 2.17. The summed E-state index contributed by atoms with van der Waals surface area (Å²) < 4.78 is 9.94. The zero-order valence-electron chi connectivity index (χ0n) is 18.8. The number of nitrogens with zero attached hydrogens (tertiary/aromatic N) is 4. The minimum Gasteiger partial charge on any atom is -0.494 e. The fourth-order valence-electron chi connectivity index (χ4n) is 3.58. The Morgan fingerprint density at radius 1 is 1.09 bits per heavy atom. The third-order valence-electron chi connectivity index (χ3n) is 5.37. The Labute approximate surface area is 199 Å². The summed E-state index contributed by atoms with van der Waals surface area (Å²) in [5, 5.41) is 10.9. The Morgan fingerprint density at radius 3 is 2.41 bits per heavy atom. The van der Waals surface area contributed by atoms with E-state index in [9.17, 15) is 14.7 Å². The Morgan fingerprint density at radius 2 is 1.76 bits per heavy atom. The third-order valence-corrected chi connectivity index (χ3v) is 5.66. The summed E-state index contributed by atoms with van der Waals surface area (Å²) in [4.78, 5) is 32.5. The minimum atomic E-state index is -0.620. The van der Waals surface area contributed by atoms with Gasteiger partial charge in [0, 0.05) is 13.3 Å². The molecular weight excluding hydrogens is 454 g/mol. The van der Waals surface area contributed by atoms with Crippen molar-refractivity contribution in [1.29, 1.82) is 0 Å². The molecule has 0 aliphatic carbocycles. The second-order valence-electron chi connectivity index (χ2n) is 7.43. The molecule has 0 aliphatic rings. The second kappa shape index (κ2) is 9.36. The van der Waals surface area contributed by atoms with Crippen LogP contribution >= 0.6 is 12.2 Å². The lowest BCUT2D eigenvalue weighted by atomic mass is 10.2. The second-order valence-corrected chi connectivity index (χ2v) is 7.81. The van der Waals surface area contributed by atoms with Crippen LogP contribution in [0.2, 0.25) is 0 Å². The summed E-state index contributed by atoms with van der Waals surface area (Å²) in [7, 11) is 1.75. The van der Waals surface area contributed by atoms with Gasteiger partial charge in [0.05, 0.1) is 23.7 Å². The van der Waals surface area contributed by atoms with Crippen molar-refractivity contribution >= 4 is 24.1 Å². The summed E-state index contributed by atoms with van der Waals surface area (Å²) in [5.41, 5.74) is 0.864. The van der Waals surface area contributed by atoms with E-state index in [1.54, 1.807) is 42.9 Å². The molecule has 174 valence electrons. The quantitative estimate of drug-likeness (QED) is 0.326. The molecular formula is C24H23N5O4S. The van der Waals surface area contributed by atoms with Crippen LogP contribution in [0.3, 0.4) is 0 Å². The highest BCUT2D eigenvalue weighted by Crippen LogP contribution is 2.22. The standard InChI is InChI=1S/C24H23N5O4S/c1-4-33-18-12-10-16(11-13-18)28-22(31)19(21(30)26-24(28)34)14-25-20-15(2)27(3)29(23(20)32)17-8-6-5-7-9-17/h5-14,31H,4H2,1-3H3,(H,26,30,34). The Hall–Kier alpha value is -4.18. The van der Waals surface area contributed by atoms with Crippen molar-refractivity contribution in [3.05, 3.63) is 91.3 Å². The molecule has 0 bridgehead atoms. The molecule has 0 saturated carbocycles. The van der Waals surface area contributed by atoms with Gasteiger partial charge in [-0.2, -0.15) is 0 Å². The van der Waals surface area contributed by atoms with Crippen LogP contribution in [0.5, 0.6) is 11.6 Å². The van der Waals surface area contributed by atoms with Crippen LogP contribution in [-0.4, -0.2) is 36.8 Å². The number of rotatable bonds is 6. The van der Waals surface area contributed by atoms with E-state index in [4.69, 9.17) is 17.0 Å². The number of para-hydroxylation sites is 1. The number of hydrogen-bond acceptors (Lipinski definition) is 6. The maximum absolute atomic E-state index is 13.1. The first kappa shape index (κ1) is 23.0. The van der Waals surface area contributed by atoms with Crippen molar-refractivity contribution in [2.45, 2.75) is 13.8 Å². The number of hydrogen-bond donors (Lipinski definition) is 2. The number of ether oxygens (including phenoxy) is 1. The molecule has 0 aliphatic heterocycles. The first-order valence-corrected chi connectivity index (χ1v) is 10.9. The van der Waals surface area contributed by atoms with Crippen molar-refractivity contribution in [2.24, 2.45) is 12.0 Å². The topological polar surface area (TPSA) is 107 Å². The van der Waals surface area contributed by atoms with E-state index >= 15 is 0 Å². The first-order valence-electron chi connectivity index (χ1n) is 10.5. The van der Waals surface area contributed by atoms with Gasteiger partial charge in [-0.25, -0.2) is 9.67 Å². The number of benzene rings is 2. The molecule has 2 heterocycles. The van der Waals surface area contributed by atoms with Crippen LogP contribution < -0.4 is 15.9 Å². The highest BCUT2D eigenvalue weighted by atomic mass is 32.1. The molecule has 0 radical (unpaired) electrons. The fraction of sp³-hybridized carbons (Fsp3) is 0.167. The number of aromatic nitrogens is 4. The van der Waals surface area contributed by atoms with Crippen LogP contribution in [0.15, 0.2) is 69.2 Å². The van der Waals surface area contributed by atoms with Crippen molar-refractivity contribution in [3.63, 3.8) is 0 Å². The molecule has 0 spiro atoms. The number of aromatic amines is 1. The number of aromatic hydroxyl groups is 1. The van der Waals surface area contributed by atoms with Gasteiger partial charge in [-0.1, -0.05) is 18.2 Å². The highest BCUT2D eigenvalue weighted by molar-refractivity contribution is 7.71. The van der Waals surface area contributed by atoms with Gasteiger partial charge in [0.25, 0.3) is 11.1 Å². The van der Waals surface area contributed by atoms with Crippen LogP contribution in [-0.2, 0) is 7.05 Å². The lowest BCUT2D eigenvalue weighted by Crippen LogP contribution is -2.19. The fourth-order valence-corrected chi connectivity index (χ4v) is 3.87. The van der Waals surface area contributed by atoms with Crippen LogP contribution in [0, 0.1) is 11.7 Å².